The molecule has 0 bridgehead atoms. The maximum absolute atomic E-state index is 11.9. The molecule has 0 atom stereocenters. The topological polar surface area (TPSA) is 41.6 Å². The third-order valence-electron chi connectivity index (χ3n) is 4.51. The predicted octanol–water partition coefficient (Wildman–Crippen LogP) is 3.29. The van der Waals surface area contributed by atoms with Gasteiger partial charge in [-0.15, -0.1) is 0 Å². The molecule has 1 saturated heterocycles. The Kier molecular flexibility index (Phi) is 6.07. The highest BCUT2D eigenvalue weighted by molar-refractivity contribution is 5.77. The molecule has 1 amide bonds. The first-order valence-corrected chi connectivity index (χ1v) is 8.95. The quantitative estimate of drug-likeness (QED) is 0.842. The normalized spacial score (nSPS) is 14.4. The number of hydrogen-bond acceptors (Lipinski definition) is 3. The smallest absolute Gasteiger partial charge is 0.258 e. The average Bonchev–Trinajstić information content (AvgIpc) is 3.14. The number of benzene rings is 2. The van der Waals surface area contributed by atoms with Crippen LogP contribution in [0.4, 0.5) is 0 Å². The number of aryl methyl sites for hydroxylation is 1. The van der Waals surface area contributed by atoms with E-state index in [1.807, 2.05) is 31.2 Å². The van der Waals surface area contributed by atoms with E-state index in [-0.39, 0.29) is 12.5 Å². The third-order valence-corrected chi connectivity index (χ3v) is 4.51. The molecular formula is C21H26N2O2. The Labute approximate surface area is 149 Å². The van der Waals surface area contributed by atoms with Crippen molar-refractivity contribution in [1.29, 1.82) is 0 Å². The van der Waals surface area contributed by atoms with Crippen molar-refractivity contribution in [1.82, 2.24) is 10.2 Å². The van der Waals surface area contributed by atoms with Crippen molar-refractivity contribution in [3.05, 3.63) is 65.2 Å². The highest BCUT2D eigenvalue weighted by atomic mass is 16.5. The summed E-state index contributed by atoms with van der Waals surface area (Å²) in [4.78, 5) is 14.4. The van der Waals surface area contributed by atoms with Gasteiger partial charge in [-0.2, -0.15) is 0 Å². The SMILES string of the molecule is Cc1ccc(OCC(=O)NCc2ccc(CN3CCCC3)cc2)cc1. The summed E-state index contributed by atoms with van der Waals surface area (Å²) in [5.41, 5.74) is 3.61. The summed E-state index contributed by atoms with van der Waals surface area (Å²) >= 11 is 0. The van der Waals surface area contributed by atoms with E-state index in [4.69, 9.17) is 4.74 Å². The first-order valence-electron chi connectivity index (χ1n) is 8.95. The second-order valence-corrected chi connectivity index (χ2v) is 6.68. The molecule has 0 unspecified atom stereocenters. The van der Waals surface area contributed by atoms with E-state index in [2.05, 4.69) is 34.5 Å². The summed E-state index contributed by atoms with van der Waals surface area (Å²) in [6.45, 7) is 6.03. The molecule has 0 aliphatic carbocycles. The van der Waals surface area contributed by atoms with Crippen molar-refractivity contribution < 1.29 is 9.53 Å². The van der Waals surface area contributed by atoms with E-state index >= 15 is 0 Å². The highest BCUT2D eigenvalue weighted by Gasteiger charge is 2.11. The van der Waals surface area contributed by atoms with Crippen LogP contribution in [-0.4, -0.2) is 30.5 Å². The van der Waals surface area contributed by atoms with Crippen molar-refractivity contribution >= 4 is 5.91 Å². The van der Waals surface area contributed by atoms with Gasteiger partial charge in [-0.3, -0.25) is 9.69 Å². The van der Waals surface area contributed by atoms with Crippen LogP contribution in [0, 0.1) is 6.92 Å². The summed E-state index contributed by atoms with van der Waals surface area (Å²) in [7, 11) is 0. The molecule has 4 heteroatoms. The van der Waals surface area contributed by atoms with Crippen molar-refractivity contribution in [2.75, 3.05) is 19.7 Å². The zero-order valence-corrected chi connectivity index (χ0v) is 14.8. The van der Waals surface area contributed by atoms with Gasteiger partial charge in [0.25, 0.3) is 5.91 Å². The maximum atomic E-state index is 11.9. The summed E-state index contributed by atoms with van der Waals surface area (Å²) in [6, 6.07) is 16.2. The lowest BCUT2D eigenvalue weighted by Crippen LogP contribution is -2.28. The molecule has 3 rings (SSSR count). The Balaban J connectivity index is 1.39. The molecule has 1 heterocycles. The molecule has 2 aromatic rings. The number of likely N-dealkylation sites (tertiary alicyclic amines) is 1. The van der Waals surface area contributed by atoms with Crippen LogP contribution in [-0.2, 0) is 17.9 Å². The van der Waals surface area contributed by atoms with Gasteiger partial charge in [0.05, 0.1) is 0 Å². The van der Waals surface area contributed by atoms with Gasteiger partial charge < -0.3 is 10.1 Å². The van der Waals surface area contributed by atoms with Crippen molar-refractivity contribution in [3.8, 4) is 5.75 Å². The molecular weight excluding hydrogens is 312 g/mol. The summed E-state index contributed by atoms with van der Waals surface area (Å²) in [5, 5.41) is 2.90. The third kappa shape index (κ3) is 5.61. The number of ether oxygens (including phenoxy) is 1. The zero-order chi connectivity index (χ0) is 17.5. The first kappa shape index (κ1) is 17.5. The van der Waals surface area contributed by atoms with Gasteiger partial charge in [0.15, 0.2) is 6.61 Å². The molecule has 0 aromatic heterocycles. The summed E-state index contributed by atoms with van der Waals surface area (Å²) < 4.78 is 5.49. The molecule has 1 N–H and O–H groups in total. The van der Waals surface area contributed by atoms with Gasteiger partial charge in [-0.25, -0.2) is 0 Å². The monoisotopic (exact) mass is 338 g/mol. The highest BCUT2D eigenvalue weighted by Crippen LogP contribution is 2.13. The number of hydrogen-bond donors (Lipinski definition) is 1. The van der Waals surface area contributed by atoms with Crippen LogP contribution in [0.2, 0.25) is 0 Å². The van der Waals surface area contributed by atoms with Gasteiger partial charge in [0, 0.05) is 13.1 Å². The Morgan fingerprint density at radius 2 is 1.64 bits per heavy atom. The molecule has 1 aliphatic heterocycles. The fraction of sp³-hybridized carbons (Fsp3) is 0.381. The number of carbonyl (C=O) groups is 1. The van der Waals surface area contributed by atoms with Crippen LogP contribution < -0.4 is 10.1 Å². The molecule has 0 spiro atoms. The lowest BCUT2D eigenvalue weighted by Gasteiger charge is -2.14. The van der Waals surface area contributed by atoms with E-state index in [1.165, 1.54) is 37.1 Å². The minimum absolute atomic E-state index is 0.0378. The Hall–Kier alpha value is -2.33. The van der Waals surface area contributed by atoms with E-state index in [0.29, 0.717) is 12.3 Å². The molecule has 132 valence electrons. The molecule has 4 nitrogen and oxygen atoms in total. The molecule has 2 aromatic carbocycles. The second-order valence-electron chi connectivity index (χ2n) is 6.68. The van der Waals surface area contributed by atoms with Crippen molar-refractivity contribution in [2.24, 2.45) is 0 Å². The summed E-state index contributed by atoms with van der Waals surface area (Å²) in [6.07, 6.45) is 2.63. The lowest BCUT2D eigenvalue weighted by atomic mass is 10.1. The molecule has 1 fully saturated rings. The molecule has 25 heavy (non-hydrogen) atoms. The zero-order valence-electron chi connectivity index (χ0n) is 14.8. The van der Waals surface area contributed by atoms with Gasteiger partial charge in [0.2, 0.25) is 0 Å². The fourth-order valence-electron chi connectivity index (χ4n) is 3.00. The Bertz CT molecular complexity index is 674. The van der Waals surface area contributed by atoms with Crippen LogP contribution >= 0.6 is 0 Å². The largest absolute Gasteiger partial charge is 0.484 e. The number of amides is 1. The first-order chi connectivity index (χ1) is 12.2. The van der Waals surface area contributed by atoms with Gasteiger partial charge >= 0.3 is 0 Å². The van der Waals surface area contributed by atoms with Gasteiger partial charge in [-0.1, -0.05) is 42.0 Å². The second kappa shape index (κ2) is 8.67. The van der Waals surface area contributed by atoms with Crippen LogP contribution in [0.15, 0.2) is 48.5 Å². The maximum Gasteiger partial charge on any atom is 0.258 e. The van der Waals surface area contributed by atoms with Crippen LogP contribution in [0.5, 0.6) is 5.75 Å². The van der Waals surface area contributed by atoms with Crippen LogP contribution in [0.1, 0.15) is 29.5 Å². The van der Waals surface area contributed by atoms with Crippen molar-refractivity contribution in [2.45, 2.75) is 32.9 Å². The van der Waals surface area contributed by atoms with Gasteiger partial charge in [-0.05, 0) is 56.1 Å². The Morgan fingerprint density at radius 1 is 1.00 bits per heavy atom. The minimum atomic E-state index is -0.110. The number of rotatable bonds is 7. The van der Waals surface area contributed by atoms with Crippen molar-refractivity contribution in [3.63, 3.8) is 0 Å². The van der Waals surface area contributed by atoms with E-state index in [9.17, 15) is 4.79 Å². The standard InChI is InChI=1S/C21H26N2O2/c1-17-4-10-20(11-5-17)25-16-21(24)22-14-18-6-8-19(9-7-18)15-23-12-2-3-13-23/h4-11H,2-3,12-16H2,1H3,(H,22,24). The predicted molar refractivity (Wildman–Crippen MR) is 99.5 cm³/mol. The molecule has 0 radical (unpaired) electrons. The number of carbonyl (C=O) groups excluding carboxylic acids is 1. The van der Waals surface area contributed by atoms with Gasteiger partial charge in [0.1, 0.15) is 5.75 Å². The molecule has 1 aliphatic rings. The number of nitrogens with one attached hydrogen (secondary N) is 1. The number of nitrogens with zero attached hydrogens (tertiary/aromatic N) is 1. The van der Waals surface area contributed by atoms with E-state index in [0.717, 1.165) is 12.1 Å². The minimum Gasteiger partial charge on any atom is -0.484 e. The van der Waals surface area contributed by atoms with Crippen LogP contribution in [0.25, 0.3) is 0 Å². The van der Waals surface area contributed by atoms with Crippen LogP contribution in [0.3, 0.4) is 0 Å². The fourth-order valence-corrected chi connectivity index (χ4v) is 3.00. The summed E-state index contributed by atoms with van der Waals surface area (Å²) in [5.74, 6) is 0.605. The van der Waals surface area contributed by atoms with E-state index in [1.54, 1.807) is 0 Å². The molecule has 0 saturated carbocycles. The average molecular weight is 338 g/mol. The van der Waals surface area contributed by atoms with E-state index < -0.39 is 0 Å². The lowest BCUT2D eigenvalue weighted by molar-refractivity contribution is -0.123. The Morgan fingerprint density at radius 3 is 2.32 bits per heavy atom.